The average molecular weight is 352 g/mol. The molecule has 0 amide bonds. The van der Waals surface area contributed by atoms with E-state index in [-0.39, 0.29) is 5.03 Å². The Balaban J connectivity index is 1.98. The summed E-state index contributed by atoms with van der Waals surface area (Å²) in [6.45, 7) is 0. The van der Waals surface area contributed by atoms with E-state index >= 15 is 0 Å². The standard InChI is InChI=1S/C13H10BrN3O2S/c14-11-3-1-10-6-12(4-2-9(10)5-11)17-20(18,19)13-7-15-8-16-13/h1-8,17H,(H,15,16). The van der Waals surface area contributed by atoms with Gasteiger partial charge < -0.3 is 4.98 Å². The fourth-order valence-electron chi connectivity index (χ4n) is 1.88. The molecule has 0 aliphatic heterocycles. The molecular formula is C13H10BrN3O2S. The van der Waals surface area contributed by atoms with Gasteiger partial charge in [-0.25, -0.2) is 4.98 Å². The zero-order chi connectivity index (χ0) is 14.2. The molecule has 102 valence electrons. The Hall–Kier alpha value is -1.86. The zero-order valence-electron chi connectivity index (χ0n) is 10.2. The predicted molar refractivity (Wildman–Crippen MR) is 81.0 cm³/mol. The highest BCUT2D eigenvalue weighted by molar-refractivity contribution is 9.10. The van der Waals surface area contributed by atoms with Crippen LogP contribution in [0.5, 0.6) is 0 Å². The molecule has 2 N–H and O–H groups in total. The average Bonchev–Trinajstić information content (AvgIpc) is 2.93. The smallest absolute Gasteiger partial charge is 0.278 e. The van der Waals surface area contributed by atoms with Crippen LogP contribution < -0.4 is 4.72 Å². The minimum atomic E-state index is -3.62. The van der Waals surface area contributed by atoms with Crippen LogP contribution >= 0.6 is 15.9 Å². The number of fused-ring (bicyclic) bond motifs is 1. The van der Waals surface area contributed by atoms with E-state index in [0.717, 1.165) is 15.2 Å². The maximum Gasteiger partial charge on any atom is 0.278 e. The Morgan fingerprint density at radius 3 is 2.60 bits per heavy atom. The number of benzene rings is 2. The van der Waals surface area contributed by atoms with E-state index in [1.807, 2.05) is 24.3 Å². The van der Waals surface area contributed by atoms with Crippen molar-refractivity contribution in [3.8, 4) is 0 Å². The minimum Gasteiger partial charge on any atom is -0.334 e. The van der Waals surface area contributed by atoms with Gasteiger partial charge in [0.15, 0.2) is 5.03 Å². The second kappa shape index (κ2) is 4.92. The third-order valence-corrected chi connectivity index (χ3v) is 4.62. The Morgan fingerprint density at radius 1 is 1.10 bits per heavy atom. The first kappa shape index (κ1) is 13.1. The van der Waals surface area contributed by atoms with Gasteiger partial charge in [-0.3, -0.25) is 4.72 Å². The molecule has 0 aliphatic rings. The van der Waals surface area contributed by atoms with Crippen LogP contribution in [0.2, 0.25) is 0 Å². The lowest BCUT2D eigenvalue weighted by molar-refractivity contribution is 0.598. The summed E-state index contributed by atoms with van der Waals surface area (Å²) >= 11 is 3.40. The number of nitrogens with one attached hydrogen (secondary N) is 2. The lowest BCUT2D eigenvalue weighted by Gasteiger charge is -2.07. The maximum absolute atomic E-state index is 12.1. The normalized spacial score (nSPS) is 11.7. The molecule has 0 spiro atoms. The van der Waals surface area contributed by atoms with Crippen LogP contribution in [-0.4, -0.2) is 18.4 Å². The van der Waals surface area contributed by atoms with Crippen molar-refractivity contribution in [2.24, 2.45) is 0 Å². The Labute approximate surface area is 124 Å². The number of H-pyrrole nitrogens is 1. The summed E-state index contributed by atoms with van der Waals surface area (Å²) in [5.74, 6) is 0. The fourth-order valence-corrected chi connectivity index (χ4v) is 3.21. The molecule has 0 saturated heterocycles. The number of sulfonamides is 1. The number of aromatic nitrogens is 2. The molecule has 0 unspecified atom stereocenters. The van der Waals surface area contributed by atoms with Crippen LogP contribution in [0.4, 0.5) is 5.69 Å². The maximum atomic E-state index is 12.1. The van der Waals surface area contributed by atoms with E-state index in [1.165, 1.54) is 12.5 Å². The quantitative estimate of drug-likeness (QED) is 0.761. The fraction of sp³-hybridized carbons (Fsp3) is 0. The molecule has 7 heteroatoms. The molecule has 5 nitrogen and oxygen atoms in total. The van der Waals surface area contributed by atoms with Crippen LogP contribution in [0.1, 0.15) is 0 Å². The SMILES string of the molecule is O=S(=O)(Nc1ccc2cc(Br)ccc2c1)c1cnc[nH]1. The third kappa shape index (κ3) is 2.54. The van der Waals surface area contributed by atoms with Crippen LogP contribution in [0.25, 0.3) is 10.8 Å². The Bertz CT molecular complexity index is 860. The van der Waals surface area contributed by atoms with E-state index in [1.54, 1.807) is 12.1 Å². The highest BCUT2D eigenvalue weighted by atomic mass is 79.9. The largest absolute Gasteiger partial charge is 0.334 e. The highest BCUT2D eigenvalue weighted by Crippen LogP contribution is 2.24. The van der Waals surface area contributed by atoms with Crippen LogP contribution in [0, 0.1) is 0 Å². The van der Waals surface area contributed by atoms with Crippen molar-refractivity contribution >= 4 is 42.4 Å². The van der Waals surface area contributed by atoms with Gasteiger partial charge in [-0.15, -0.1) is 0 Å². The first-order chi connectivity index (χ1) is 9.54. The molecule has 0 fully saturated rings. The zero-order valence-corrected chi connectivity index (χ0v) is 12.6. The van der Waals surface area contributed by atoms with Crippen LogP contribution in [-0.2, 0) is 10.0 Å². The predicted octanol–water partition coefficient (Wildman–Crippen LogP) is 3.13. The number of aromatic amines is 1. The molecule has 0 atom stereocenters. The molecule has 20 heavy (non-hydrogen) atoms. The Morgan fingerprint density at radius 2 is 1.85 bits per heavy atom. The van der Waals surface area contributed by atoms with Gasteiger partial charge in [0.2, 0.25) is 0 Å². The van der Waals surface area contributed by atoms with Crippen LogP contribution in [0.15, 0.2) is 58.4 Å². The van der Waals surface area contributed by atoms with Gasteiger partial charge in [0.05, 0.1) is 12.5 Å². The summed E-state index contributed by atoms with van der Waals surface area (Å²) in [5.41, 5.74) is 0.509. The molecule has 0 bridgehead atoms. The van der Waals surface area contributed by atoms with Crippen molar-refractivity contribution in [1.82, 2.24) is 9.97 Å². The first-order valence-corrected chi connectivity index (χ1v) is 8.03. The van der Waals surface area contributed by atoms with E-state index in [4.69, 9.17) is 0 Å². The number of hydrogen-bond acceptors (Lipinski definition) is 3. The highest BCUT2D eigenvalue weighted by Gasteiger charge is 2.15. The molecular weight excluding hydrogens is 342 g/mol. The second-order valence-electron chi connectivity index (χ2n) is 4.23. The van der Waals surface area contributed by atoms with Crippen molar-refractivity contribution in [1.29, 1.82) is 0 Å². The Kier molecular flexibility index (Phi) is 3.23. The number of rotatable bonds is 3. The van der Waals surface area contributed by atoms with Gasteiger partial charge in [-0.2, -0.15) is 8.42 Å². The van der Waals surface area contributed by atoms with Crippen molar-refractivity contribution in [2.45, 2.75) is 5.03 Å². The monoisotopic (exact) mass is 351 g/mol. The first-order valence-electron chi connectivity index (χ1n) is 5.75. The van der Waals surface area contributed by atoms with Gasteiger partial charge in [0, 0.05) is 10.2 Å². The summed E-state index contributed by atoms with van der Waals surface area (Å²) in [5, 5.41) is 2.02. The van der Waals surface area contributed by atoms with Gasteiger partial charge in [0.25, 0.3) is 10.0 Å². The molecule has 3 aromatic rings. The summed E-state index contributed by atoms with van der Waals surface area (Å²) in [7, 11) is -3.62. The minimum absolute atomic E-state index is 0.0356. The topological polar surface area (TPSA) is 74.8 Å². The second-order valence-corrected chi connectivity index (χ2v) is 6.79. The molecule has 2 aromatic carbocycles. The molecule has 1 aromatic heterocycles. The van der Waals surface area contributed by atoms with Crippen molar-refractivity contribution < 1.29 is 8.42 Å². The number of hydrogen-bond donors (Lipinski definition) is 2. The van der Waals surface area contributed by atoms with Gasteiger partial charge >= 0.3 is 0 Å². The van der Waals surface area contributed by atoms with E-state index in [2.05, 4.69) is 30.6 Å². The number of imidazole rings is 1. The van der Waals surface area contributed by atoms with Gasteiger partial charge in [-0.05, 0) is 35.0 Å². The molecule has 3 rings (SSSR count). The van der Waals surface area contributed by atoms with E-state index < -0.39 is 10.0 Å². The lowest BCUT2D eigenvalue weighted by Crippen LogP contribution is -2.13. The number of nitrogens with zero attached hydrogens (tertiary/aromatic N) is 1. The molecule has 0 radical (unpaired) electrons. The summed E-state index contributed by atoms with van der Waals surface area (Å²) in [6.07, 6.45) is 2.59. The molecule has 0 saturated carbocycles. The number of anilines is 1. The molecule has 0 aliphatic carbocycles. The molecule has 1 heterocycles. The van der Waals surface area contributed by atoms with Crippen molar-refractivity contribution in [2.75, 3.05) is 4.72 Å². The summed E-state index contributed by atoms with van der Waals surface area (Å²) in [4.78, 5) is 6.28. The van der Waals surface area contributed by atoms with Crippen molar-refractivity contribution in [3.63, 3.8) is 0 Å². The summed E-state index contributed by atoms with van der Waals surface area (Å²) in [6, 6.07) is 11.2. The third-order valence-electron chi connectivity index (χ3n) is 2.82. The number of halogens is 1. The lowest BCUT2D eigenvalue weighted by atomic mass is 10.1. The van der Waals surface area contributed by atoms with E-state index in [9.17, 15) is 8.42 Å². The van der Waals surface area contributed by atoms with Crippen molar-refractivity contribution in [3.05, 3.63) is 53.4 Å². The van der Waals surface area contributed by atoms with Gasteiger partial charge in [0.1, 0.15) is 0 Å². The van der Waals surface area contributed by atoms with Crippen LogP contribution in [0.3, 0.4) is 0 Å². The summed E-state index contributed by atoms with van der Waals surface area (Å²) < 4.78 is 27.6. The van der Waals surface area contributed by atoms with E-state index in [0.29, 0.717) is 5.69 Å². The van der Waals surface area contributed by atoms with Gasteiger partial charge in [-0.1, -0.05) is 28.1 Å².